The molecule has 2 rings (SSSR count). The molecule has 0 aliphatic heterocycles. The molecule has 5 nitrogen and oxygen atoms in total. The molecule has 2 N–H and O–H groups in total. The van der Waals surface area contributed by atoms with Gasteiger partial charge in [-0.25, -0.2) is 0 Å². The quantitative estimate of drug-likeness (QED) is 0.859. The summed E-state index contributed by atoms with van der Waals surface area (Å²) in [4.78, 5) is 22.7. The van der Waals surface area contributed by atoms with E-state index in [1.165, 1.54) is 0 Å². The first-order chi connectivity index (χ1) is 10.5. The van der Waals surface area contributed by atoms with Crippen molar-refractivity contribution in [1.82, 2.24) is 5.32 Å². The Balaban J connectivity index is 2.03. The molecule has 0 aliphatic rings. The highest BCUT2D eigenvalue weighted by Gasteiger charge is 2.18. The van der Waals surface area contributed by atoms with E-state index in [4.69, 9.17) is 9.84 Å². The molecule has 0 aliphatic carbocycles. The Kier molecular flexibility index (Phi) is 4.99. The van der Waals surface area contributed by atoms with Crippen LogP contribution in [0.4, 0.5) is 0 Å². The molecule has 0 spiro atoms. The highest BCUT2D eigenvalue weighted by molar-refractivity contribution is 5.89. The number of ether oxygens (including phenoxy) is 1. The van der Waals surface area contributed by atoms with Gasteiger partial charge in [-0.3, -0.25) is 9.59 Å². The van der Waals surface area contributed by atoms with Gasteiger partial charge in [0.05, 0.1) is 5.92 Å². The number of hydrogen-bond acceptors (Lipinski definition) is 3. The van der Waals surface area contributed by atoms with E-state index in [1.54, 1.807) is 13.8 Å². The maximum absolute atomic E-state index is 12.0. The number of benzene rings is 2. The van der Waals surface area contributed by atoms with Gasteiger partial charge in [0.25, 0.3) is 5.91 Å². The fourth-order valence-electron chi connectivity index (χ4n) is 2.03. The summed E-state index contributed by atoms with van der Waals surface area (Å²) in [6.45, 7) is 3.26. The van der Waals surface area contributed by atoms with E-state index < -0.39 is 18.0 Å². The molecule has 2 unspecified atom stereocenters. The van der Waals surface area contributed by atoms with Crippen LogP contribution >= 0.6 is 0 Å². The molecule has 116 valence electrons. The van der Waals surface area contributed by atoms with Crippen LogP contribution in [0.1, 0.15) is 13.8 Å². The van der Waals surface area contributed by atoms with Gasteiger partial charge >= 0.3 is 5.97 Å². The lowest BCUT2D eigenvalue weighted by Crippen LogP contribution is -2.39. The molecule has 2 aromatic carbocycles. The zero-order valence-corrected chi connectivity index (χ0v) is 12.6. The zero-order chi connectivity index (χ0) is 16.1. The van der Waals surface area contributed by atoms with Crippen molar-refractivity contribution in [2.24, 2.45) is 5.92 Å². The number of carbonyl (C=O) groups excluding carboxylic acids is 1. The maximum Gasteiger partial charge on any atom is 0.308 e. The molecule has 0 saturated carbocycles. The molecule has 0 bridgehead atoms. The first kappa shape index (κ1) is 15.8. The van der Waals surface area contributed by atoms with Crippen molar-refractivity contribution < 1.29 is 19.4 Å². The van der Waals surface area contributed by atoms with Gasteiger partial charge in [0.1, 0.15) is 5.75 Å². The lowest BCUT2D eigenvalue weighted by molar-refractivity contribution is -0.141. The minimum Gasteiger partial charge on any atom is -0.481 e. The number of carboxylic acid groups (broad SMARTS) is 1. The van der Waals surface area contributed by atoms with Crippen molar-refractivity contribution in [3.8, 4) is 5.75 Å². The van der Waals surface area contributed by atoms with E-state index in [0.29, 0.717) is 5.75 Å². The molecule has 0 saturated heterocycles. The smallest absolute Gasteiger partial charge is 0.308 e. The SMILES string of the molecule is CC(CNC(=O)C(C)Oc1cccc2ccccc12)C(=O)O. The van der Waals surface area contributed by atoms with E-state index in [0.717, 1.165) is 10.8 Å². The van der Waals surface area contributed by atoms with Crippen molar-refractivity contribution in [3.05, 3.63) is 42.5 Å². The minimum absolute atomic E-state index is 0.0808. The fraction of sp³-hybridized carbons (Fsp3) is 0.294. The van der Waals surface area contributed by atoms with Crippen LogP contribution in [0.25, 0.3) is 10.8 Å². The van der Waals surface area contributed by atoms with Crippen LogP contribution in [0, 0.1) is 5.92 Å². The third-order valence-electron chi connectivity index (χ3n) is 3.43. The van der Waals surface area contributed by atoms with Crippen molar-refractivity contribution >= 4 is 22.6 Å². The molecule has 5 heteroatoms. The van der Waals surface area contributed by atoms with E-state index in [-0.39, 0.29) is 12.5 Å². The van der Waals surface area contributed by atoms with Gasteiger partial charge in [0.15, 0.2) is 6.10 Å². The Labute approximate surface area is 128 Å². The number of hydrogen-bond donors (Lipinski definition) is 2. The van der Waals surface area contributed by atoms with E-state index >= 15 is 0 Å². The Morgan fingerprint density at radius 1 is 1.14 bits per heavy atom. The largest absolute Gasteiger partial charge is 0.481 e. The summed E-state index contributed by atoms with van der Waals surface area (Å²) in [6, 6.07) is 13.4. The summed E-state index contributed by atoms with van der Waals surface area (Å²) < 4.78 is 5.72. The van der Waals surface area contributed by atoms with E-state index in [2.05, 4.69) is 5.32 Å². The second kappa shape index (κ2) is 6.93. The van der Waals surface area contributed by atoms with E-state index in [1.807, 2.05) is 42.5 Å². The first-order valence-electron chi connectivity index (χ1n) is 7.14. The lowest BCUT2D eigenvalue weighted by atomic mass is 10.1. The summed E-state index contributed by atoms with van der Waals surface area (Å²) in [5.41, 5.74) is 0. The van der Waals surface area contributed by atoms with Crippen molar-refractivity contribution in [2.45, 2.75) is 20.0 Å². The number of nitrogens with one attached hydrogen (secondary N) is 1. The Morgan fingerprint density at radius 2 is 1.82 bits per heavy atom. The second-order valence-electron chi connectivity index (χ2n) is 5.22. The molecule has 2 atom stereocenters. The molecule has 2 aromatic rings. The van der Waals surface area contributed by atoms with Gasteiger partial charge in [0, 0.05) is 11.9 Å². The van der Waals surface area contributed by atoms with Gasteiger partial charge in [0.2, 0.25) is 0 Å². The standard InChI is InChI=1S/C17H19NO4/c1-11(17(20)21)10-18-16(19)12(2)22-15-9-5-7-13-6-3-4-8-14(13)15/h3-9,11-12H,10H2,1-2H3,(H,18,19)(H,20,21). The third kappa shape index (κ3) is 3.75. The molecule has 1 amide bonds. The van der Waals surface area contributed by atoms with Crippen LogP contribution in [0.2, 0.25) is 0 Å². The van der Waals surface area contributed by atoms with E-state index in [9.17, 15) is 9.59 Å². The zero-order valence-electron chi connectivity index (χ0n) is 12.6. The molecular formula is C17H19NO4. The summed E-state index contributed by atoms with van der Waals surface area (Å²) in [5.74, 6) is -1.27. The van der Waals surface area contributed by atoms with Crippen LogP contribution in [0.5, 0.6) is 5.75 Å². The van der Waals surface area contributed by atoms with Crippen LogP contribution in [0.3, 0.4) is 0 Å². The van der Waals surface area contributed by atoms with Crippen LogP contribution in [-0.4, -0.2) is 29.6 Å². The minimum atomic E-state index is -0.942. The van der Waals surface area contributed by atoms with Crippen LogP contribution in [0.15, 0.2) is 42.5 Å². The van der Waals surface area contributed by atoms with Crippen LogP contribution in [-0.2, 0) is 9.59 Å². The number of carbonyl (C=O) groups is 2. The van der Waals surface area contributed by atoms with Gasteiger partial charge in [-0.2, -0.15) is 0 Å². The average Bonchev–Trinajstić information content (AvgIpc) is 2.52. The number of rotatable bonds is 6. The number of carboxylic acids is 1. The second-order valence-corrected chi connectivity index (χ2v) is 5.22. The fourth-order valence-corrected chi connectivity index (χ4v) is 2.03. The molecule has 0 radical (unpaired) electrons. The molecule has 0 fully saturated rings. The molecular weight excluding hydrogens is 282 g/mol. The van der Waals surface area contributed by atoms with Gasteiger partial charge in [-0.1, -0.05) is 43.3 Å². The van der Waals surface area contributed by atoms with Crippen LogP contribution < -0.4 is 10.1 Å². The molecule has 0 aromatic heterocycles. The van der Waals surface area contributed by atoms with Crippen molar-refractivity contribution in [1.29, 1.82) is 0 Å². The maximum atomic E-state index is 12.0. The highest BCUT2D eigenvalue weighted by Crippen LogP contribution is 2.25. The molecule has 22 heavy (non-hydrogen) atoms. The van der Waals surface area contributed by atoms with Crippen molar-refractivity contribution in [3.63, 3.8) is 0 Å². The van der Waals surface area contributed by atoms with Gasteiger partial charge in [-0.05, 0) is 18.4 Å². The third-order valence-corrected chi connectivity index (χ3v) is 3.43. The predicted molar refractivity (Wildman–Crippen MR) is 83.8 cm³/mol. The summed E-state index contributed by atoms with van der Waals surface area (Å²) in [5, 5.41) is 13.4. The first-order valence-corrected chi connectivity index (χ1v) is 7.14. The number of amides is 1. The summed E-state index contributed by atoms with van der Waals surface area (Å²) >= 11 is 0. The number of aliphatic carboxylic acids is 1. The van der Waals surface area contributed by atoms with Crippen molar-refractivity contribution in [2.75, 3.05) is 6.54 Å². The number of fused-ring (bicyclic) bond motifs is 1. The summed E-state index contributed by atoms with van der Waals surface area (Å²) in [6.07, 6.45) is -0.702. The Bertz CT molecular complexity index is 678. The summed E-state index contributed by atoms with van der Waals surface area (Å²) in [7, 11) is 0. The monoisotopic (exact) mass is 301 g/mol. The van der Waals surface area contributed by atoms with Gasteiger partial charge < -0.3 is 15.2 Å². The van der Waals surface area contributed by atoms with Gasteiger partial charge in [-0.15, -0.1) is 0 Å². The topological polar surface area (TPSA) is 75.6 Å². The Hall–Kier alpha value is -2.56. The normalized spacial score (nSPS) is 13.4. The highest BCUT2D eigenvalue weighted by atomic mass is 16.5. The predicted octanol–water partition coefficient (Wildman–Crippen LogP) is 2.44. The average molecular weight is 301 g/mol. The Morgan fingerprint density at radius 3 is 2.55 bits per heavy atom. The lowest BCUT2D eigenvalue weighted by Gasteiger charge is -2.17. The molecule has 0 heterocycles.